The van der Waals surface area contributed by atoms with Gasteiger partial charge in [-0.25, -0.2) is 4.98 Å². The summed E-state index contributed by atoms with van der Waals surface area (Å²) >= 11 is 0. The van der Waals surface area contributed by atoms with Crippen molar-refractivity contribution in [2.45, 2.75) is 6.18 Å². The topological polar surface area (TPSA) is 96.5 Å². The monoisotopic (exact) mass is 277 g/mol. The number of carboxylic acid groups (broad SMARTS) is 1. The number of anilines is 1. The van der Waals surface area contributed by atoms with E-state index < -0.39 is 36.1 Å². The molecule has 9 heteroatoms. The van der Waals surface area contributed by atoms with Crippen molar-refractivity contribution in [1.29, 1.82) is 0 Å². The second-order valence-corrected chi connectivity index (χ2v) is 3.68. The van der Waals surface area contributed by atoms with Crippen LogP contribution in [0.25, 0.3) is 0 Å². The van der Waals surface area contributed by atoms with E-state index in [1.165, 1.54) is 7.05 Å². The van der Waals surface area contributed by atoms with Crippen molar-refractivity contribution in [1.82, 2.24) is 4.98 Å². The first-order valence-corrected chi connectivity index (χ1v) is 4.94. The molecule has 0 bridgehead atoms. The number of aliphatic carboxylic acids is 1. The summed E-state index contributed by atoms with van der Waals surface area (Å²) in [5.41, 5.74) is 3.50. The van der Waals surface area contributed by atoms with Crippen LogP contribution < -0.4 is 10.6 Å². The molecule has 0 atom stereocenters. The van der Waals surface area contributed by atoms with E-state index >= 15 is 0 Å². The van der Waals surface area contributed by atoms with Gasteiger partial charge in [0.15, 0.2) is 0 Å². The Morgan fingerprint density at radius 3 is 2.42 bits per heavy atom. The fraction of sp³-hybridized carbons (Fsp3) is 0.300. The van der Waals surface area contributed by atoms with E-state index in [-0.39, 0.29) is 5.56 Å². The SMILES string of the molecule is CN(CC(=O)O)c1nc(C(F)(F)F)ccc1C(N)=O. The van der Waals surface area contributed by atoms with Crippen molar-refractivity contribution in [3.8, 4) is 0 Å². The molecule has 19 heavy (non-hydrogen) atoms. The molecule has 0 saturated carbocycles. The van der Waals surface area contributed by atoms with Crippen LogP contribution in [0.1, 0.15) is 16.1 Å². The van der Waals surface area contributed by atoms with Crippen LogP contribution >= 0.6 is 0 Å². The molecule has 1 aromatic rings. The number of hydrogen-bond acceptors (Lipinski definition) is 4. The van der Waals surface area contributed by atoms with Gasteiger partial charge in [-0.2, -0.15) is 13.2 Å². The number of amides is 1. The molecule has 0 saturated heterocycles. The van der Waals surface area contributed by atoms with E-state index in [2.05, 4.69) is 4.98 Å². The lowest BCUT2D eigenvalue weighted by molar-refractivity contribution is -0.141. The third-order valence-corrected chi connectivity index (χ3v) is 2.17. The minimum atomic E-state index is -4.70. The van der Waals surface area contributed by atoms with Crippen molar-refractivity contribution >= 4 is 17.7 Å². The average Bonchev–Trinajstić information content (AvgIpc) is 2.25. The van der Waals surface area contributed by atoms with Crippen LogP contribution in [0.3, 0.4) is 0 Å². The molecule has 0 aliphatic heterocycles. The first kappa shape index (κ1) is 14.7. The normalized spacial score (nSPS) is 11.2. The van der Waals surface area contributed by atoms with Gasteiger partial charge in [-0.15, -0.1) is 0 Å². The van der Waals surface area contributed by atoms with Crippen LogP contribution in [0.5, 0.6) is 0 Å². The maximum atomic E-state index is 12.5. The molecule has 3 N–H and O–H groups in total. The van der Waals surface area contributed by atoms with Gasteiger partial charge in [-0.05, 0) is 12.1 Å². The Hall–Kier alpha value is -2.32. The molecular formula is C10H10F3N3O3. The van der Waals surface area contributed by atoms with Crippen molar-refractivity contribution < 1.29 is 27.9 Å². The van der Waals surface area contributed by atoms with E-state index in [0.29, 0.717) is 6.07 Å². The zero-order valence-corrected chi connectivity index (χ0v) is 9.73. The summed E-state index contributed by atoms with van der Waals surface area (Å²) in [5, 5.41) is 8.60. The molecule has 0 radical (unpaired) electrons. The zero-order valence-electron chi connectivity index (χ0n) is 9.73. The largest absolute Gasteiger partial charge is 0.480 e. The van der Waals surface area contributed by atoms with Crippen molar-refractivity contribution in [3.05, 3.63) is 23.4 Å². The standard InChI is InChI=1S/C10H10F3N3O3/c1-16(4-7(17)18)9-5(8(14)19)2-3-6(15-9)10(11,12)13/h2-3H,4H2,1H3,(H2,14,19)(H,17,18). The number of nitrogens with two attached hydrogens (primary N) is 1. The number of primary amides is 1. The highest BCUT2D eigenvalue weighted by Gasteiger charge is 2.34. The van der Waals surface area contributed by atoms with Crippen LogP contribution in [0, 0.1) is 0 Å². The molecule has 1 aromatic heterocycles. The number of halogens is 3. The lowest BCUT2D eigenvalue weighted by Gasteiger charge is -2.19. The smallest absolute Gasteiger partial charge is 0.433 e. The number of carbonyl (C=O) groups is 2. The third kappa shape index (κ3) is 3.57. The second-order valence-electron chi connectivity index (χ2n) is 3.68. The van der Waals surface area contributed by atoms with Gasteiger partial charge in [0.2, 0.25) is 0 Å². The summed E-state index contributed by atoms with van der Waals surface area (Å²) < 4.78 is 37.5. The highest BCUT2D eigenvalue weighted by atomic mass is 19.4. The van der Waals surface area contributed by atoms with Gasteiger partial charge in [0, 0.05) is 7.05 Å². The molecule has 1 heterocycles. The van der Waals surface area contributed by atoms with Crippen molar-refractivity contribution in [2.75, 3.05) is 18.5 Å². The van der Waals surface area contributed by atoms with Crippen LogP contribution in [-0.4, -0.2) is 35.6 Å². The molecule has 0 spiro atoms. The number of nitrogens with zero attached hydrogens (tertiary/aromatic N) is 2. The van der Waals surface area contributed by atoms with E-state index in [9.17, 15) is 22.8 Å². The Morgan fingerprint density at radius 1 is 1.42 bits per heavy atom. The predicted molar refractivity (Wildman–Crippen MR) is 58.7 cm³/mol. The quantitative estimate of drug-likeness (QED) is 0.845. The van der Waals surface area contributed by atoms with Gasteiger partial charge in [0.25, 0.3) is 5.91 Å². The highest BCUT2D eigenvalue weighted by Crippen LogP contribution is 2.30. The second kappa shape index (κ2) is 5.12. The first-order valence-electron chi connectivity index (χ1n) is 4.94. The number of hydrogen-bond donors (Lipinski definition) is 2. The third-order valence-electron chi connectivity index (χ3n) is 2.17. The zero-order chi connectivity index (χ0) is 14.8. The molecule has 6 nitrogen and oxygen atoms in total. The maximum absolute atomic E-state index is 12.5. The van der Waals surface area contributed by atoms with E-state index in [4.69, 9.17) is 10.8 Å². The summed E-state index contributed by atoms with van der Waals surface area (Å²) in [7, 11) is 1.20. The Labute approximate surface area is 105 Å². The minimum Gasteiger partial charge on any atom is -0.480 e. The van der Waals surface area contributed by atoms with Crippen LogP contribution in [0.2, 0.25) is 0 Å². The fourth-order valence-electron chi connectivity index (χ4n) is 1.37. The lowest BCUT2D eigenvalue weighted by Crippen LogP contribution is -2.29. The van der Waals surface area contributed by atoms with Gasteiger partial charge in [0.1, 0.15) is 18.1 Å². The minimum absolute atomic E-state index is 0.281. The fourth-order valence-corrected chi connectivity index (χ4v) is 1.37. The van der Waals surface area contributed by atoms with Crippen molar-refractivity contribution in [3.63, 3.8) is 0 Å². The lowest BCUT2D eigenvalue weighted by atomic mass is 10.2. The molecule has 0 aliphatic rings. The average molecular weight is 277 g/mol. The van der Waals surface area contributed by atoms with E-state index in [0.717, 1.165) is 11.0 Å². The molecular weight excluding hydrogens is 267 g/mol. The molecule has 1 rings (SSSR count). The summed E-state index contributed by atoms with van der Waals surface area (Å²) in [6.07, 6.45) is -4.70. The Balaban J connectivity index is 3.31. The Kier molecular flexibility index (Phi) is 3.98. The Bertz CT molecular complexity index is 516. The summed E-state index contributed by atoms with van der Waals surface area (Å²) in [4.78, 5) is 25.8. The number of pyridine rings is 1. The van der Waals surface area contributed by atoms with Gasteiger partial charge in [-0.1, -0.05) is 0 Å². The molecule has 1 amide bonds. The van der Waals surface area contributed by atoms with E-state index in [1.807, 2.05) is 0 Å². The maximum Gasteiger partial charge on any atom is 0.433 e. The van der Waals surface area contributed by atoms with Gasteiger partial charge < -0.3 is 15.7 Å². The summed E-state index contributed by atoms with van der Waals surface area (Å²) in [5.74, 6) is -2.70. The van der Waals surface area contributed by atoms with Gasteiger partial charge in [0.05, 0.1) is 5.56 Å². The number of rotatable bonds is 4. The summed E-state index contributed by atoms with van der Waals surface area (Å²) in [6.45, 7) is -0.616. The molecule has 0 aliphatic carbocycles. The predicted octanol–water partition coefficient (Wildman–Crippen LogP) is 0.720. The van der Waals surface area contributed by atoms with Gasteiger partial charge in [-0.3, -0.25) is 9.59 Å². The van der Waals surface area contributed by atoms with Crippen LogP contribution in [0.15, 0.2) is 12.1 Å². The number of likely N-dealkylation sites (N-methyl/N-ethyl adjacent to an activating group) is 1. The number of carboxylic acids is 1. The van der Waals surface area contributed by atoms with Crippen LogP contribution in [0.4, 0.5) is 19.0 Å². The number of alkyl halides is 3. The van der Waals surface area contributed by atoms with Crippen LogP contribution in [-0.2, 0) is 11.0 Å². The van der Waals surface area contributed by atoms with E-state index in [1.54, 1.807) is 0 Å². The van der Waals surface area contributed by atoms with Gasteiger partial charge >= 0.3 is 12.1 Å². The highest BCUT2D eigenvalue weighted by molar-refractivity contribution is 5.98. The molecule has 104 valence electrons. The van der Waals surface area contributed by atoms with Crippen molar-refractivity contribution in [2.24, 2.45) is 5.73 Å². The Morgan fingerprint density at radius 2 is 2.00 bits per heavy atom. The number of carbonyl (C=O) groups excluding carboxylic acids is 1. The number of aromatic nitrogens is 1. The molecule has 0 unspecified atom stereocenters. The molecule has 0 aromatic carbocycles. The molecule has 0 fully saturated rings. The first-order chi connectivity index (χ1) is 8.62. The summed E-state index contributed by atoms with van der Waals surface area (Å²) in [6, 6.07) is 1.48.